The molecule has 2 fully saturated rings. The molecule has 1 spiro atoms. The number of likely N-dealkylation sites (tertiary alicyclic amines) is 1. The molecule has 0 unspecified atom stereocenters. The Morgan fingerprint density at radius 1 is 1.30 bits per heavy atom. The van der Waals surface area contributed by atoms with Crippen molar-refractivity contribution in [3.8, 4) is 0 Å². The Hall–Kier alpha value is -1.56. The molecule has 6 nitrogen and oxygen atoms in total. The minimum atomic E-state index is -0.455. The number of hydrogen-bond acceptors (Lipinski definition) is 5. The largest absolute Gasteiger partial charge is 0.444 e. The maximum absolute atomic E-state index is 12.3. The molecule has 1 aromatic rings. The van der Waals surface area contributed by atoms with Crippen molar-refractivity contribution >= 4 is 23.5 Å². The van der Waals surface area contributed by atoms with E-state index in [2.05, 4.69) is 14.9 Å². The summed E-state index contributed by atoms with van der Waals surface area (Å²) in [5.41, 5.74) is -0.317. The van der Waals surface area contributed by atoms with E-state index in [-0.39, 0.29) is 11.5 Å². The summed E-state index contributed by atoms with van der Waals surface area (Å²) < 4.78 is 5.50. The van der Waals surface area contributed by atoms with Crippen molar-refractivity contribution < 1.29 is 9.53 Å². The topological polar surface area (TPSA) is 58.6 Å². The molecule has 2 saturated heterocycles. The van der Waals surface area contributed by atoms with E-state index in [4.69, 9.17) is 16.3 Å². The zero-order valence-electron chi connectivity index (χ0n) is 13.9. The minimum Gasteiger partial charge on any atom is -0.444 e. The maximum atomic E-state index is 12.3. The number of ether oxygens (including phenoxy) is 1. The van der Waals surface area contributed by atoms with Gasteiger partial charge in [-0.15, -0.1) is 0 Å². The summed E-state index contributed by atoms with van der Waals surface area (Å²) in [6.45, 7) is 8.96. The second-order valence-electron chi connectivity index (χ2n) is 7.56. The van der Waals surface area contributed by atoms with E-state index in [9.17, 15) is 4.79 Å². The summed E-state index contributed by atoms with van der Waals surface area (Å²) in [5, 5.41) is 0.405. The van der Waals surface area contributed by atoms with Crippen molar-refractivity contribution in [1.29, 1.82) is 0 Å². The standard InChI is InChI=1S/C16H23ClN4O2/c1-15(2,3)23-14(22)20-6-4-5-16(9-20)10-21(11-16)13-8-18-7-12(17)19-13/h7-8H,4-6,9-11H2,1-3H3. The molecule has 0 bridgehead atoms. The van der Waals surface area contributed by atoms with Gasteiger partial charge in [-0.05, 0) is 33.6 Å². The minimum absolute atomic E-state index is 0.138. The first kappa shape index (κ1) is 16.3. The number of hydrogen-bond donors (Lipinski definition) is 0. The first-order chi connectivity index (χ1) is 10.8. The molecule has 0 atom stereocenters. The highest BCUT2D eigenvalue weighted by Crippen LogP contribution is 2.41. The number of halogens is 1. The number of amides is 1. The van der Waals surface area contributed by atoms with Gasteiger partial charge in [-0.1, -0.05) is 11.6 Å². The van der Waals surface area contributed by atoms with Crippen molar-refractivity contribution in [1.82, 2.24) is 14.9 Å². The second kappa shape index (κ2) is 5.82. The summed E-state index contributed by atoms with van der Waals surface area (Å²) in [6.07, 6.45) is 5.18. The zero-order chi connectivity index (χ0) is 16.7. The predicted molar refractivity (Wildman–Crippen MR) is 88.7 cm³/mol. The van der Waals surface area contributed by atoms with E-state index in [1.54, 1.807) is 6.20 Å². The SMILES string of the molecule is CC(C)(C)OC(=O)N1CCCC2(C1)CN(c1cncc(Cl)n1)C2. The van der Waals surface area contributed by atoms with Crippen LogP contribution in [0.4, 0.5) is 10.6 Å². The third kappa shape index (κ3) is 3.68. The lowest BCUT2D eigenvalue weighted by molar-refractivity contribution is -0.00155. The van der Waals surface area contributed by atoms with Gasteiger partial charge in [0.05, 0.1) is 12.4 Å². The van der Waals surface area contributed by atoms with Crippen LogP contribution >= 0.6 is 11.6 Å². The Morgan fingerprint density at radius 2 is 2.04 bits per heavy atom. The van der Waals surface area contributed by atoms with E-state index < -0.39 is 5.60 Å². The lowest BCUT2D eigenvalue weighted by atomic mass is 9.73. The third-order valence-corrected chi connectivity index (χ3v) is 4.46. The Balaban J connectivity index is 1.61. The summed E-state index contributed by atoms with van der Waals surface area (Å²) >= 11 is 5.90. The number of carbonyl (C=O) groups is 1. The molecule has 0 aromatic carbocycles. The summed E-state index contributed by atoms with van der Waals surface area (Å²) in [5.74, 6) is 0.803. The lowest BCUT2D eigenvalue weighted by Gasteiger charge is -2.54. The molecule has 0 radical (unpaired) electrons. The summed E-state index contributed by atoms with van der Waals surface area (Å²) in [6, 6.07) is 0. The molecule has 126 valence electrons. The van der Waals surface area contributed by atoms with Crippen LogP contribution in [0.3, 0.4) is 0 Å². The molecule has 1 aromatic heterocycles. The number of nitrogens with zero attached hydrogens (tertiary/aromatic N) is 4. The molecule has 3 heterocycles. The van der Waals surface area contributed by atoms with Gasteiger partial charge >= 0.3 is 6.09 Å². The van der Waals surface area contributed by atoms with Crippen LogP contribution in [0, 0.1) is 5.41 Å². The molecule has 7 heteroatoms. The van der Waals surface area contributed by atoms with Gasteiger partial charge in [0.1, 0.15) is 16.6 Å². The van der Waals surface area contributed by atoms with E-state index in [0.717, 1.165) is 44.8 Å². The van der Waals surface area contributed by atoms with E-state index in [1.807, 2.05) is 25.7 Å². The molecular weight excluding hydrogens is 316 g/mol. The van der Waals surface area contributed by atoms with Crippen LogP contribution in [0.1, 0.15) is 33.6 Å². The van der Waals surface area contributed by atoms with Gasteiger partial charge < -0.3 is 14.5 Å². The quantitative estimate of drug-likeness (QED) is 0.788. The van der Waals surface area contributed by atoms with Crippen LogP contribution in [0.5, 0.6) is 0 Å². The molecule has 1 amide bonds. The fraction of sp³-hybridized carbons (Fsp3) is 0.688. The highest BCUT2D eigenvalue weighted by atomic mass is 35.5. The van der Waals surface area contributed by atoms with E-state index in [1.165, 1.54) is 6.20 Å². The fourth-order valence-electron chi connectivity index (χ4n) is 3.36. The summed E-state index contributed by atoms with van der Waals surface area (Å²) in [7, 11) is 0. The van der Waals surface area contributed by atoms with Gasteiger partial charge in [-0.2, -0.15) is 0 Å². The predicted octanol–water partition coefficient (Wildman–Crippen LogP) is 2.97. The average molecular weight is 339 g/mol. The molecule has 2 aliphatic rings. The van der Waals surface area contributed by atoms with Crippen molar-refractivity contribution in [2.24, 2.45) is 5.41 Å². The van der Waals surface area contributed by atoms with Crippen LogP contribution in [0.25, 0.3) is 0 Å². The van der Waals surface area contributed by atoms with Gasteiger partial charge in [0.15, 0.2) is 0 Å². The van der Waals surface area contributed by atoms with Crippen LogP contribution in [0.2, 0.25) is 5.15 Å². The van der Waals surface area contributed by atoms with Gasteiger partial charge in [-0.3, -0.25) is 4.98 Å². The molecule has 3 rings (SSSR count). The third-order valence-electron chi connectivity index (χ3n) is 4.28. The lowest BCUT2D eigenvalue weighted by Crippen LogP contribution is -2.64. The van der Waals surface area contributed by atoms with Gasteiger partial charge in [-0.25, -0.2) is 9.78 Å². The van der Waals surface area contributed by atoms with Crippen molar-refractivity contribution in [2.75, 3.05) is 31.1 Å². The van der Waals surface area contributed by atoms with Crippen molar-refractivity contribution in [3.05, 3.63) is 17.5 Å². The van der Waals surface area contributed by atoms with Gasteiger partial charge in [0.2, 0.25) is 0 Å². The van der Waals surface area contributed by atoms with E-state index >= 15 is 0 Å². The Bertz CT molecular complexity index is 596. The number of rotatable bonds is 1. The highest BCUT2D eigenvalue weighted by molar-refractivity contribution is 6.29. The Labute approximate surface area is 141 Å². The molecule has 0 saturated carbocycles. The van der Waals surface area contributed by atoms with Crippen LogP contribution < -0.4 is 4.90 Å². The maximum Gasteiger partial charge on any atom is 0.410 e. The normalized spacial score (nSPS) is 20.3. The van der Waals surface area contributed by atoms with Crippen LogP contribution in [-0.2, 0) is 4.74 Å². The molecular formula is C16H23ClN4O2. The zero-order valence-corrected chi connectivity index (χ0v) is 14.6. The number of aromatic nitrogens is 2. The molecule has 0 N–H and O–H groups in total. The van der Waals surface area contributed by atoms with Crippen molar-refractivity contribution in [2.45, 2.75) is 39.2 Å². The van der Waals surface area contributed by atoms with Crippen LogP contribution in [0.15, 0.2) is 12.4 Å². The number of piperidine rings is 1. The first-order valence-electron chi connectivity index (χ1n) is 7.97. The first-order valence-corrected chi connectivity index (χ1v) is 8.35. The van der Waals surface area contributed by atoms with Gasteiger partial charge in [0, 0.05) is 31.6 Å². The van der Waals surface area contributed by atoms with E-state index in [0.29, 0.717) is 5.15 Å². The Kier molecular flexibility index (Phi) is 4.12. The van der Waals surface area contributed by atoms with Gasteiger partial charge in [0.25, 0.3) is 0 Å². The second-order valence-corrected chi connectivity index (χ2v) is 7.95. The monoisotopic (exact) mass is 338 g/mol. The molecule has 2 aliphatic heterocycles. The molecule has 23 heavy (non-hydrogen) atoms. The van der Waals surface area contributed by atoms with Crippen LogP contribution in [-0.4, -0.2) is 52.7 Å². The smallest absolute Gasteiger partial charge is 0.410 e. The fourth-order valence-corrected chi connectivity index (χ4v) is 3.50. The highest BCUT2D eigenvalue weighted by Gasteiger charge is 2.47. The summed E-state index contributed by atoms with van der Waals surface area (Å²) in [4.78, 5) is 24.7. The Morgan fingerprint density at radius 3 is 2.70 bits per heavy atom. The average Bonchev–Trinajstić information content (AvgIpc) is 2.43. The molecule has 0 aliphatic carbocycles. The number of anilines is 1. The number of carbonyl (C=O) groups excluding carboxylic acids is 1. The van der Waals surface area contributed by atoms with Crippen molar-refractivity contribution in [3.63, 3.8) is 0 Å².